The van der Waals surface area contributed by atoms with E-state index in [1.807, 2.05) is 0 Å². The minimum Gasteiger partial charge on any atom is -0.444 e. The zero-order valence-electron chi connectivity index (χ0n) is 13.4. The second-order valence-electron chi connectivity index (χ2n) is 6.72. The summed E-state index contributed by atoms with van der Waals surface area (Å²) >= 11 is 0. The largest absolute Gasteiger partial charge is 0.444 e. The Bertz CT molecular complexity index is 555. The number of carbonyl (C=O) groups is 1. The van der Waals surface area contributed by atoms with Gasteiger partial charge in [-0.3, -0.25) is 4.98 Å². The zero-order chi connectivity index (χ0) is 16.5. The summed E-state index contributed by atoms with van der Waals surface area (Å²) < 4.78 is 33.8. The number of pyridine rings is 1. The SMILES string of the molecule is Cc1cc([C@H]2CN(C(=O)OC(C)(C)C)CCC2(F)F)ccn1. The van der Waals surface area contributed by atoms with Crippen molar-refractivity contribution in [2.24, 2.45) is 0 Å². The average Bonchev–Trinajstić information content (AvgIpc) is 2.36. The quantitative estimate of drug-likeness (QED) is 0.793. The summed E-state index contributed by atoms with van der Waals surface area (Å²) in [6, 6.07) is 3.24. The lowest BCUT2D eigenvalue weighted by atomic mass is 9.87. The van der Waals surface area contributed by atoms with Crippen molar-refractivity contribution in [3.8, 4) is 0 Å². The van der Waals surface area contributed by atoms with Gasteiger partial charge in [0.1, 0.15) is 5.60 Å². The van der Waals surface area contributed by atoms with Crippen molar-refractivity contribution < 1.29 is 18.3 Å². The smallest absolute Gasteiger partial charge is 0.410 e. The van der Waals surface area contributed by atoms with E-state index in [9.17, 15) is 13.6 Å². The van der Waals surface area contributed by atoms with Crippen molar-refractivity contribution >= 4 is 6.09 Å². The van der Waals surface area contributed by atoms with Gasteiger partial charge in [0, 0.05) is 31.4 Å². The summed E-state index contributed by atoms with van der Waals surface area (Å²) in [5.41, 5.74) is 0.549. The number of ether oxygens (including phenoxy) is 1. The van der Waals surface area contributed by atoms with E-state index < -0.39 is 23.5 Å². The van der Waals surface area contributed by atoms with Crippen LogP contribution in [-0.2, 0) is 4.74 Å². The van der Waals surface area contributed by atoms with Crippen LogP contribution in [0, 0.1) is 6.92 Å². The van der Waals surface area contributed by atoms with Gasteiger partial charge in [0.05, 0.1) is 5.92 Å². The fourth-order valence-corrected chi connectivity index (χ4v) is 2.53. The molecule has 0 aliphatic carbocycles. The molecule has 0 N–H and O–H groups in total. The van der Waals surface area contributed by atoms with Crippen LogP contribution in [0.2, 0.25) is 0 Å². The van der Waals surface area contributed by atoms with E-state index in [4.69, 9.17) is 4.74 Å². The first-order chi connectivity index (χ1) is 10.1. The molecule has 0 spiro atoms. The van der Waals surface area contributed by atoms with Crippen LogP contribution in [0.3, 0.4) is 0 Å². The number of nitrogens with zero attached hydrogens (tertiary/aromatic N) is 2. The van der Waals surface area contributed by atoms with Crippen LogP contribution < -0.4 is 0 Å². The molecule has 0 aromatic carbocycles. The van der Waals surface area contributed by atoms with Crippen LogP contribution >= 0.6 is 0 Å². The van der Waals surface area contributed by atoms with Gasteiger partial charge in [-0.15, -0.1) is 0 Å². The van der Waals surface area contributed by atoms with Crippen molar-refractivity contribution in [2.75, 3.05) is 13.1 Å². The fourth-order valence-electron chi connectivity index (χ4n) is 2.53. The molecule has 0 unspecified atom stereocenters. The van der Waals surface area contributed by atoms with Crippen LogP contribution in [0.4, 0.5) is 13.6 Å². The van der Waals surface area contributed by atoms with Crippen molar-refractivity contribution in [1.82, 2.24) is 9.88 Å². The predicted molar refractivity (Wildman–Crippen MR) is 79.1 cm³/mol. The molecule has 1 saturated heterocycles. The van der Waals surface area contributed by atoms with Gasteiger partial charge in [0.15, 0.2) is 0 Å². The molecule has 1 aromatic heterocycles. The molecule has 1 aromatic rings. The molecule has 6 heteroatoms. The Kier molecular flexibility index (Phi) is 4.40. The number of aryl methyl sites for hydroxylation is 1. The summed E-state index contributed by atoms with van der Waals surface area (Å²) in [4.78, 5) is 17.5. The summed E-state index contributed by atoms with van der Waals surface area (Å²) in [5.74, 6) is -3.87. The summed E-state index contributed by atoms with van der Waals surface area (Å²) in [5, 5.41) is 0. The van der Waals surface area contributed by atoms with E-state index >= 15 is 0 Å². The second kappa shape index (κ2) is 5.82. The molecule has 1 amide bonds. The molecular weight excluding hydrogens is 290 g/mol. The number of carbonyl (C=O) groups excluding carboxylic acids is 1. The molecule has 1 aliphatic rings. The number of alkyl halides is 2. The minimum atomic E-state index is -2.84. The molecule has 2 heterocycles. The first-order valence-corrected chi connectivity index (χ1v) is 7.37. The summed E-state index contributed by atoms with van der Waals surface area (Å²) in [6.45, 7) is 6.98. The molecular formula is C16H22F2N2O2. The van der Waals surface area contributed by atoms with Gasteiger partial charge < -0.3 is 9.64 Å². The van der Waals surface area contributed by atoms with E-state index in [-0.39, 0.29) is 19.5 Å². The van der Waals surface area contributed by atoms with Crippen LogP contribution in [0.1, 0.15) is 44.4 Å². The Morgan fingerprint density at radius 1 is 1.45 bits per heavy atom. The van der Waals surface area contributed by atoms with Crippen molar-refractivity contribution in [3.05, 3.63) is 29.6 Å². The number of aromatic nitrogens is 1. The normalized spacial score (nSPS) is 21.5. The van der Waals surface area contributed by atoms with Crippen LogP contribution in [0.25, 0.3) is 0 Å². The highest BCUT2D eigenvalue weighted by Crippen LogP contribution is 2.40. The second-order valence-corrected chi connectivity index (χ2v) is 6.72. The Labute approximate surface area is 129 Å². The van der Waals surface area contributed by atoms with Gasteiger partial charge in [-0.25, -0.2) is 13.6 Å². The average molecular weight is 312 g/mol. The third-order valence-corrected chi connectivity index (χ3v) is 3.60. The molecule has 2 rings (SSSR count). The molecule has 1 aliphatic heterocycles. The molecule has 1 fully saturated rings. The fraction of sp³-hybridized carbons (Fsp3) is 0.625. The van der Waals surface area contributed by atoms with E-state index in [1.54, 1.807) is 39.8 Å². The van der Waals surface area contributed by atoms with Crippen molar-refractivity contribution in [1.29, 1.82) is 0 Å². The topological polar surface area (TPSA) is 42.4 Å². The monoisotopic (exact) mass is 312 g/mol. The lowest BCUT2D eigenvalue weighted by molar-refractivity contribution is -0.0771. The maximum atomic E-state index is 14.3. The predicted octanol–water partition coefficient (Wildman–Crippen LogP) is 3.75. The lowest BCUT2D eigenvalue weighted by Gasteiger charge is -2.39. The lowest BCUT2D eigenvalue weighted by Crippen LogP contribution is -2.49. The first kappa shape index (κ1) is 16.6. The standard InChI is InChI=1S/C16H22F2N2O2/c1-11-9-12(5-7-19-11)13-10-20(8-6-16(13,17)18)14(21)22-15(2,3)4/h5,7,9,13H,6,8,10H2,1-4H3/t13-/m1/s1. The number of rotatable bonds is 1. The summed E-state index contributed by atoms with van der Waals surface area (Å²) in [7, 11) is 0. The van der Waals surface area contributed by atoms with Crippen molar-refractivity contribution in [2.45, 2.75) is 51.6 Å². The molecule has 0 saturated carbocycles. The highest BCUT2D eigenvalue weighted by atomic mass is 19.3. The van der Waals surface area contributed by atoms with Gasteiger partial charge >= 0.3 is 6.09 Å². The Balaban J connectivity index is 2.19. The van der Waals surface area contributed by atoms with Crippen LogP contribution in [-0.4, -0.2) is 40.6 Å². The summed E-state index contributed by atoms with van der Waals surface area (Å²) in [6.07, 6.45) is 0.615. The number of likely N-dealkylation sites (tertiary alicyclic amines) is 1. The molecule has 22 heavy (non-hydrogen) atoms. The van der Waals surface area contributed by atoms with Gasteiger partial charge in [0.2, 0.25) is 0 Å². The van der Waals surface area contributed by atoms with E-state index in [0.29, 0.717) is 11.3 Å². The maximum absolute atomic E-state index is 14.3. The van der Waals surface area contributed by atoms with Crippen molar-refractivity contribution in [3.63, 3.8) is 0 Å². The molecule has 122 valence electrons. The first-order valence-electron chi connectivity index (χ1n) is 7.37. The van der Waals surface area contributed by atoms with Gasteiger partial charge in [-0.05, 0) is 45.4 Å². The van der Waals surface area contributed by atoms with Gasteiger partial charge in [0.25, 0.3) is 5.92 Å². The van der Waals surface area contributed by atoms with E-state index in [0.717, 1.165) is 0 Å². The third-order valence-electron chi connectivity index (χ3n) is 3.60. The molecule has 0 radical (unpaired) electrons. The van der Waals surface area contributed by atoms with E-state index in [1.165, 1.54) is 11.1 Å². The minimum absolute atomic E-state index is 0.00246. The Morgan fingerprint density at radius 3 is 2.73 bits per heavy atom. The Morgan fingerprint density at radius 2 is 2.14 bits per heavy atom. The Hall–Kier alpha value is -1.72. The molecule has 4 nitrogen and oxygen atoms in total. The van der Waals surface area contributed by atoms with Crippen LogP contribution in [0.15, 0.2) is 18.3 Å². The number of halogens is 2. The molecule has 1 atom stereocenters. The highest BCUT2D eigenvalue weighted by Gasteiger charge is 2.46. The van der Waals surface area contributed by atoms with Crippen LogP contribution in [0.5, 0.6) is 0 Å². The van der Waals surface area contributed by atoms with Gasteiger partial charge in [-0.2, -0.15) is 0 Å². The van der Waals surface area contributed by atoms with Gasteiger partial charge in [-0.1, -0.05) is 0 Å². The highest BCUT2D eigenvalue weighted by molar-refractivity contribution is 5.68. The molecule has 0 bridgehead atoms. The number of hydrogen-bond donors (Lipinski definition) is 0. The number of amides is 1. The maximum Gasteiger partial charge on any atom is 0.410 e. The number of hydrogen-bond acceptors (Lipinski definition) is 3. The zero-order valence-corrected chi connectivity index (χ0v) is 13.4. The third kappa shape index (κ3) is 3.93. The van der Waals surface area contributed by atoms with E-state index in [2.05, 4.69) is 4.98 Å². The number of piperidine rings is 1.